The van der Waals surface area contributed by atoms with Crippen LogP contribution in [0.5, 0.6) is 0 Å². The maximum atomic E-state index is 12.5. The topological polar surface area (TPSA) is 72.2 Å². The van der Waals surface area contributed by atoms with Crippen LogP contribution in [0.15, 0.2) is 60.7 Å². The molecule has 3 aromatic rings. The van der Waals surface area contributed by atoms with Gasteiger partial charge in [0, 0.05) is 23.4 Å². The highest BCUT2D eigenvalue weighted by Crippen LogP contribution is 2.24. The number of non-ortho nitro benzene ring substituents is 1. The zero-order valence-electron chi connectivity index (χ0n) is 12.4. The summed E-state index contributed by atoms with van der Waals surface area (Å²) >= 11 is 0. The highest BCUT2D eigenvalue weighted by atomic mass is 16.6. The van der Waals surface area contributed by atoms with Crippen LogP contribution in [0.1, 0.15) is 15.9 Å². The second kappa shape index (κ2) is 5.88. The van der Waals surface area contributed by atoms with Gasteiger partial charge < -0.3 is 5.32 Å². The fraction of sp³-hybridized carbons (Fsp3) is 0.0556. The smallest absolute Gasteiger partial charge is 0.271 e. The Kier molecular flexibility index (Phi) is 3.76. The van der Waals surface area contributed by atoms with Gasteiger partial charge in [-0.1, -0.05) is 36.4 Å². The summed E-state index contributed by atoms with van der Waals surface area (Å²) in [5, 5.41) is 15.4. The van der Waals surface area contributed by atoms with E-state index in [4.69, 9.17) is 0 Å². The van der Waals surface area contributed by atoms with Crippen molar-refractivity contribution < 1.29 is 9.72 Å². The van der Waals surface area contributed by atoms with Gasteiger partial charge >= 0.3 is 0 Å². The Hall–Kier alpha value is -3.21. The summed E-state index contributed by atoms with van der Waals surface area (Å²) in [7, 11) is 0. The van der Waals surface area contributed by atoms with Gasteiger partial charge in [0.1, 0.15) is 0 Å². The largest absolute Gasteiger partial charge is 0.322 e. The van der Waals surface area contributed by atoms with E-state index in [-0.39, 0.29) is 11.6 Å². The third-order valence-electron chi connectivity index (χ3n) is 3.70. The Bertz CT molecular complexity index is 919. The van der Waals surface area contributed by atoms with Crippen molar-refractivity contribution in [3.63, 3.8) is 0 Å². The van der Waals surface area contributed by atoms with Gasteiger partial charge in [0.25, 0.3) is 11.6 Å². The molecule has 23 heavy (non-hydrogen) atoms. The first kappa shape index (κ1) is 14.7. The molecule has 0 heterocycles. The van der Waals surface area contributed by atoms with E-state index in [1.807, 2.05) is 37.3 Å². The van der Waals surface area contributed by atoms with E-state index in [0.29, 0.717) is 11.3 Å². The first-order chi connectivity index (χ1) is 11.1. The SMILES string of the molecule is Cc1ccc(C(=O)Nc2cccc([N+](=O)[O-])c2)c2ccccc12. The Balaban J connectivity index is 1.97. The van der Waals surface area contributed by atoms with E-state index in [1.165, 1.54) is 12.1 Å². The Morgan fingerprint density at radius 3 is 2.48 bits per heavy atom. The fourth-order valence-electron chi connectivity index (χ4n) is 2.54. The normalized spacial score (nSPS) is 10.5. The minimum absolute atomic E-state index is 0.0587. The molecular weight excluding hydrogens is 292 g/mol. The number of rotatable bonds is 3. The summed E-state index contributed by atoms with van der Waals surface area (Å²) in [6.07, 6.45) is 0. The standard InChI is InChI=1S/C18H14N2O3/c1-12-9-10-17(16-8-3-2-7-15(12)16)18(21)19-13-5-4-6-14(11-13)20(22)23/h2-11H,1H3,(H,19,21). The molecule has 0 bridgehead atoms. The van der Waals surface area contributed by atoms with Crippen LogP contribution in [-0.2, 0) is 0 Å². The first-order valence-corrected chi connectivity index (χ1v) is 7.10. The lowest BCUT2D eigenvalue weighted by atomic mass is 10.00. The molecule has 3 aromatic carbocycles. The third-order valence-corrected chi connectivity index (χ3v) is 3.70. The molecule has 1 amide bonds. The Morgan fingerprint density at radius 1 is 1.00 bits per heavy atom. The summed E-state index contributed by atoms with van der Waals surface area (Å²) in [6, 6.07) is 17.2. The molecule has 0 aliphatic carbocycles. The number of nitrogens with zero attached hydrogens (tertiary/aromatic N) is 1. The number of fused-ring (bicyclic) bond motifs is 1. The monoisotopic (exact) mass is 306 g/mol. The fourth-order valence-corrected chi connectivity index (χ4v) is 2.54. The van der Waals surface area contributed by atoms with Gasteiger partial charge in [-0.3, -0.25) is 14.9 Å². The van der Waals surface area contributed by atoms with E-state index in [0.717, 1.165) is 16.3 Å². The number of aryl methyl sites for hydroxylation is 1. The van der Waals surface area contributed by atoms with Gasteiger partial charge in [-0.2, -0.15) is 0 Å². The molecule has 0 unspecified atom stereocenters. The van der Waals surface area contributed by atoms with Crippen LogP contribution < -0.4 is 5.32 Å². The molecular formula is C18H14N2O3. The van der Waals surface area contributed by atoms with E-state index in [9.17, 15) is 14.9 Å². The molecule has 0 aliphatic rings. The van der Waals surface area contributed by atoms with Crippen molar-refractivity contribution in [2.45, 2.75) is 6.92 Å². The van der Waals surface area contributed by atoms with Gasteiger partial charge in [-0.25, -0.2) is 0 Å². The number of hydrogen-bond donors (Lipinski definition) is 1. The number of nitro benzene ring substituents is 1. The highest BCUT2D eigenvalue weighted by molar-refractivity contribution is 6.13. The Morgan fingerprint density at radius 2 is 1.74 bits per heavy atom. The minimum Gasteiger partial charge on any atom is -0.322 e. The highest BCUT2D eigenvalue weighted by Gasteiger charge is 2.13. The van der Waals surface area contributed by atoms with E-state index >= 15 is 0 Å². The number of amides is 1. The molecule has 0 spiro atoms. The molecule has 0 fully saturated rings. The molecule has 0 saturated carbocycles. The van der Waals surface area contributed by atoms with Gasteiger partial charge in [0.2, 0.25) is 0 Å². The van der Waals surface area contributed by atoms with Gasteiger partial charge in [-0.05, 0) is 35.4 Å². The Labute approximate surface area is 132 Å². The second-order valence-electron chi connectivity index (χ2n) is 5.24. The summed E-state index contributed by atoms with van der Waals surface area (Å²) in [6.45, 7) is 1.99. The lowest BCUT2D eigenvalue weighted by Crippen LogP contribution is -2.12. The minimum atomic E-state index is -0.489. The number of nitrogens with one attached hydrogen (secondary N) is 1. The number of benzene rings is 3. The second-order valence-corrected chi connectivity index (χ2v) is 5.24. The van der Waals surface area contributed by atoms with Gasteiger partial charge in [-0.15, -0.1) is 0 Å². The van der Waals surface area contributed by atoms with Crippen LogP contribution in [0.3, 0.4) is 0 Å². The van der Waals surface area contributed by atoms with Crippen molar-refractivity contribution in [3.8, 4) is 0 Å². The maximum absolute atomic E-state index is 12.5. The number of anilines is 1. The quantitative estimate of drug-likeness (QED) is 0.579. The van der Waals surface area contributed by atoms with Gasteiger partial charge in [0.05, 0.1) is 4.92 Å². The molecule has 1 N–H and O–H groups in total. The zero-order valence-corrected chi connectivity index (χ0v) is 12.4. The van der Waals surface area contributed by atoms with Crippen molar-refractivity contribution >= 4 is 28.1 Å². The van der Waals surface area contributed by atoms with Crippen LogP contribution in [0.2, 0.25) is 0 Å². The molecule has 0 saturated heterocycles. The van der Waals surface area contributed by atoms with Crippen LogP contribution in [0.25, 0.3) is 10.8 Å². The van der Waals surface area contributed by atoms with Crippen LogP contribution in [0.4, 0.5) is 11.4 Å². The van der Waals surface area contributed by atoms with Crippen LogP contribution in [-0.4, -0.2) is 10.8 Å². The predicted molar refractivity (Wildman–Crippen MR) is 89.7 cm³/mol. The summed E-state index contributed by atoms with van der Waals surface area (Å²) in [5.41, 5.74) is 1.97. The predicted octanol–water partition coefficient (Wildman–Crippen LogP) is 4.31. The van der Waals surface area contributed by atoms with Crippen LogP contribution >= 0.6 is 0 Å². The number of carbonyl (C=O) groups excluding carboxylic acids is 1. The zero-order chi connectivity index (χ0) is 16.4. The number of carbonyl (C=O) groups is 1. The summed E-state index contributed by atoms with van der Waals surface area (Å²) in [4.78, 5) is 22.9. The van der Waals surface area contributed by atoms with E-state index in [2.05, 4.69) is 5.32 Å². The molecule has 0 radical (unpaired) electrons. The summed E-state index contributed by atoms with van der Waals surface area (Å²) in [5.74, 6) is -0.290. The molecule has 5 nitrogen and oxygen atoms in total. The van der Waals surface area contributed by atoms with Gasteiger partial charge in [0.15, 0.2) is 0 Å². The lowest BCUT2D eigenvalue weighted by Gasteiger charge is -2.10. The van der Waals surface area contributed by atoms with Crippen molar-refractivity contribution in [2.75, 3.05) is 5.32 Å². The number of nitro groups is 1. The van der Waals surface area contributed by atoms with E-state index in [1.54, 1.807) is 18.2 Å². The molecule has 114 valence electrons. The first-order valence-electron chi connectivity index (χ1n) is 7.10. The maximum Gasteiger partial charge on any atom is 0.271 e. The van der Waals surface area contributed by atoms with Crippen molar-refractivity contribution in [3.05, 3.63) is 81.9 Å². The molecule has 0 aliphatic heterocycles. The third kappa shape index (κ3) is 2.89. The van der Waals surface area contributed by atoms with Crippen molar-refractivity contribution in [1.82, 2.24) is 0 Å². The number of hydrogen-bond acceptors (Lipinski definition) is 3. The molecule has 0 atom stereocenters. The molecule has 0 aromatic heterocycles. The average Bonchev–Trinajstić information content (AvgIpc) is 2.55. The molecule has 5 heteroatoms. The summed E-state index contributed by atoms with van der Waals surface area (Å²) < 4.78 is 0. The van der Waals surface area contributed by atoms with Crippen molar-refractivity contribution in [2.24, 2.45) is 0 Å². The van der Waals surface area contributed by atoms with Crippen molar-refractivity contribution in [1.29, 1.82) is 0 Å². The molecule has 3 rings (SSSR count). The van der Waals surface area contributed by atoms with E-state index < -0.39 is 4.92 Å². The lowest BCUT2D eigenvalue weighted by molar-refractivity contribution is -0.384. The average molecular weight is 306 g/mol. The van der Waals surface area contributed by atoms with Crippen LogP contribution in [0, 0.1) is 17.0 Å².